The molecule has 1 unspecified atom stereocenters. The summed E-state index contributed by atoms with van der Waals surface area (Å²) in [7, 11) is 0. The van der Waals surface area contributed by atoms with Crippen molar-refractivity contribution in [3.8, 4) is 0 Å². The van der Waals surface area contributed by atoms with Crippen molar-refractivity contribution in [1.29, 1.82) is 0 Å². The van der Waals surface area contributed by atoms with Crippen molar-refractivity contribution >= 4 is 21.9 Å². The Labute approximate surface area is 147 Å². The first-order chi connectivity index (χ1) is 11.2. The normalized spacial score (nSPS) is 16.7. The van der Waals surface area contributed by atoms with Crippen LogP contribution in [0.2, 0.25) is 0 Å². The summed E-state index contributed by atoms with van der Waals surface area (Å²) in [6, 6.07) is 8.46. The maximum absolute atomic E-state index is 5.34. The van der Waals surface area contributed by atoms with Crippen LogP contribution in [-0.2, 0) is 4.74 Å². The lowest BCUT2D eigenvalue weighted by atomic mass is 10.1. The monoisotopic (exact) mass is 379 g/mol. The Kier molecular flexibility index (Phi) is 7.62. The Hall–Kier alpha value is -1.33. The molecule has 4 nitrogen and oxygen atoms in total. The summed E-state index contributed by atoms with van der Waals surface area (Å²) < 4.78 is 6.45. The summed E-state index contributed by atoms with van der Waals surface area (Å²) in [5.41, 5.74) is 2.68. The number of hydrogen-bond donors (Lipinski definition) is 2. The number of hydrogen-bond acceptors (Lipinski definition) is 2. The number of guanidine groups is 1. The van der Waals surface area contributed by atoms with Crippen LogP contribution in [0.5, 0.6) is 0 Å². The summed E-state index contributed by atoms with van der Waals surface area (Å²) >= 11 is 3.61. The summed E-state index contributed by atoms with van der Waals surface area (Å²) in [5, 5.41) is 6.80. The Bertz CT molecular complexity index is 557. The molecule has 0 amide bonds. The number of nitrogens with one attached hydrogen (secondary N) is 2. The predicted octanol–water partition coefficient (Wildman–Crippen LogP) is 3.80. The molecular formula is C18H26BrN3O. The summed E-state index contributed by atoms with van der Waals surface area (Å²) in [4.78, 5) is 4.70. The molecule has 1 aliphatic heterocycles. The number of nitrogens with zero attached hydrogens (tertiary/aromatic N) is 1. The molecule has 0 radical (unpaired) electrons. The number of benzene rings is 1. The number of halogens is 1. The molecule has 5 heteroatoms. The first-order valence-corrected chi connectivity index (χ1v) is 9.05. The van der Waals surface area contributed by atoms with Gasteiger partial charge < -0.3 is 15.4 Å². The molecule has 1 aromatic carbocycles. The third kappa shape index (κ3) is 5.99. The van der Waals surface area contributed by atoms with Crippen LogP contribution >= 0.6 is 15.9 Å². The SMILES string of the molecule is CCNC(=NCCC1=CCOCC1)NC(C)c1ccccc1Br. The van der Waals surface area contributed by atoms with Crippen molar-refractivity contribution in [1.82, 2.24) is 10.6 Å². The van der Waals surface area contributed by atoms with Crippen LogP contribution in [-0.4, -0.2) is 32.3 Å². The smallest absolute Gasteiger partial charge is 0.191 e. The number of ether oxygens (including phenoxy) is 1. The summed E-state index contributed by atoms with van der Waals surface area (Å²) in [6.07, 6.45) is 4.22. The molecule has 1 heterocycles. The van der Waals surface area contributed by atoms with Gasteiger partial charge in [-0.25, -0.2) is 0 Å². The zero-order chi connectivity index (χ0) is 16.5. The number of aliphatic imine (C=N–C) groups is 1. The lowest BCUT2D eigenvalue weighted by Crippen LogP contribution is -2.39. The van der Waals surface area contributed by atoms with E-state index in [4.69, 9.17) is 9.73 Å². The highest BCUT2D eigenvalue weighted by atomic mass is 79.9. The van der Waals surface area contributed by atoms with Gasteiger partial charge in [0, 0.05) is 17.6 Å². The average Bonchev–Trinajstić information content (AvgIpc) is 2.56. The zero-order valence-electron chi connectivity index (χ0n) is 13.9. The van der Waals surface area contributed by atoms with Gasteiger partial charge in [0.2, 0.25) is 0 Å². The lowest BCUT2D eigenvalue weighted by molar-refractivity contribution is 0.153. The minimum absolute atomic E-state index is 0.186. The standard InChI is InChI=1S/C18H26BrN3O/c1-3-20-18(21-11-8-15-9-12-23-13-10-15)22-14(2)16-6-4-5-7-17(16)19/h4-7,9,14H,3,8,10-13H2,1-2H3,(H2,20,21,22). The molecule has 0 spiro atoms. The van der Waals surface area contributed by atoms with Gasteiger partial charge >= 0.3 is 0 Å². The van der Waals surface area contributed by atoms with Gasteiger partial charge in [0.05, 0.1) is 19.3 Å². The molecule has 0 fully saturated rings. The zero-order valence-corrected chi connectivity index (χ0v) is 15.5. The van der Waals surface area contributed by atoms with Crippen molar-refractivity contribution in [2.24, 2.45) is 4.99 Å². The third-order valence-corrected chi connectivity index (χ3v) is 4.55. The molecule has 1 atom stereocenters. The quantitative estimate of drug-likeness (QED) is 0.448. The highest BCUT2D eigenvalue weighted by Gasteiger charge is 2.10. The molecule has 2 N–H and O–H groups in total. The van der Waals surface area contributed by atoms with E-state index < -0.39 is 0 Å². The molecule has 126 valence electrons. The van der Waals surface area contributed by atoms with Gasteiger partial charge in [-0.3, -0.25) is 4.99 Å². The van der Waals surface area contributed by atoms with E-state index >= 15 is 0 Å². The Morgan fingerprint density at radius 1 is 1.39 bits per heavy atom. The second-order valence-corrected chi connectivity index (χ2v) is 6.44. The first kappa shape index (κ1) is 18.0. The number of rotatable bonds is 6. The fourth-order valence-electron chi connectivity index (χ4n) is 2.53. The molecule has 0 bridgehead atoms. The van der Waals surface area contributed by atoms with Crippen LogP contribution in [0.25, 0.3) is 0 Å². The Morgan fingerprint density at radius 2 is 2.22 bits per heavy atom. The first-order valence-electron chi connectivity index (χ1n) is 8.25. The second-order valence-electron chi connectivity index (χ2n) is 5.59. The van der Waals surface area contributed by atoms with Gasteiger partial charge in [0.15, 0.2) is 5.96 Å². The minimum Gasteiger partial charge on any atom is -0.377 e. The highest BCUT2D eigenvalue weighted by molar-refractivity contribution is 9.10. The van der Waals surface area contributed by atoms with Crippen LogP contribution in [0.4, 0.5) is 0 Å². The van der Waals surface area contributed by atoms with Crippen molar-refractivity contribution < 1.29 is 4.74 Å². The summed E-state index contributed by atoms with van der Waals surface area (Å²) in [5.74, 6) is 0.864. The molecule has 0 aliphatic carbocycles. The van der Waals surface area contributed by atoms with E-state index in [1.807, 2.05) is 6.07 Å². The van der Waals surface area contributed by atoms with E-state index in [0.29, 0.717) is 0 Å². The van der Waals surface area contributed by atoms with Crippen LogP contribution in [0.15, 0.2) is 45.4 Å². The molecule has 0 aromatic heterocycles. The van der Waals surface area contributed by atoms with Crippen molar-refractivity contribution in [2.75, 3.05) is 26.3 Å². The topological polar surface area (TPSA) is 45.7 Å². The van der Waals surface area contributed by atoms with Gasteiger partial charge in [-0.1, -0.05) is 45.8 Å². The van der Waals surface area contributed by atoms with E-state index in [2.05, 4.69) is 64.7 Å². The van der Waals surface area contributed by atoms with Gasteiger partial charge in [-0.2, -0.15) is 0 Å². The van der Waals surface area contributed by atoms with Crippen molar-refractivity contribution in [2.45, 2.75) is 32.7 Å². The Morgan fingerprint density at radius 3 is 2.91 bits per heavy atom. The van der Waals surface area contributed by atoms with Crippen LogP contribution in [0.1, 0.15) is 38.3 Å². The van der Waals surface area contributed by atoms with Gasteiger partial charge in [0.1, 0.15) is 0 Å². The highest BCUT2D eigenvalue weighted by Crippen LogP contribution is 2.22. The van der Waals surface area contributed by atoms with E-state index in [1.165, 1.54) is 11.1 Å². The molecule has 0 saturated carbocycles. The van der Waals surface area contributed by atoms with E-state index in [-0.39, 0.29) is 6.04 Å². The van der Waals surface area contributed by atoms with Crippen LogP contribution in [0.3, 0.4) is 0 Å². The molecule has 1 aliphatic rings. The predicted molar refractivity (Wildman–Crippen MR) is 99.8 cm³/mol. The summed E-state index contributed by atoms with van der Waals surface area (Å²) in [6.45, 7) is 7.47. The van der Waals surface area contributed by atoms with Gasteiger partial charge in [0.25, 0.3) is 0 Å². The van der Waals surface area contributed by atoms with E-state index in [0.717, 1.165) is 49.6 Å². The fraction of sp³-hybridized carbons (Fsp3) is 0.500. The molecule has 2 rings (SSSR count). The second kappa shape index (κ2) is 9.73. The van der Waals surface area contributed by atoms with Crippen LogP contribution in [0, 0.1) is 0 Å². The third-order valence-electron chi connectivity index (χ3n) is 3.83. The van der Waals surface area contributed by atoms with Crippen LogP contribution < -0.4 is 10.6 Å². The van der Waals surface area contributed by atoms with Crippen molar-refractivity contribution in [3.63, 3.8) is 0 Å². The van der Waals surface area contributed by atoms with E-state index in [9.17, 15) is 0 Å². The van der Waals surface area contributed by atoms with E-state index in [1.54, 1.807) is 0 Å². The van der Waals surface area contributed by atoms with Gasteiger partial charge in [-0.15, -0.1) is 0 Å². The maximum atomic E-state index is 5.34. The van der Waals surface area contributed by atoms with Crippen molar-refractivity contribution in [3.05, 3.63) is 46.0 Å². The maximum Gasteiger partial charge on any atom is 0.191 e. The molecular weight excluding hydrogens is 354 g/mol. The van der Waals surface area contributed by atoms with Gasteiger partial charge in [-0.05, 0) is 38.3 Å². The molecule has 0 saturated heterocycles. The Balaban J connectivity index is 1.93. The molecule has 1 aromatic rings. The lowest BCUT2D eigenvalue weighted by Gasteiger charge is -2.19. The molecule has 23 heavy (non-hydrogen) atoms. The minimum atomic E-state index is 0.186. The largest absolute Gasteiger partial charge is 0.377 e. The fourth-order valence-corrected chi connectivity index (χ4v) is 3.16. The average molecular weight is 380 g/mol.